The molecule has 4 N–H and O–H groups in total. The minimum atomic E-state index is -0.647. The van der Waals surface area contributed by atoms with Crippen molar-refractivity contribution >= 4 is 29.9 Å². The summed E-state index contributed by atoms with van der Waals surface area (Å²) in [5, 5.41) is 12.0. The third kappa shape index (κ3) is 5.52. The van der Waals surface area contributed by atoms with Crippen LogP contribution in [-0.2, 0) is 6.54 Å². The highest BCUT2D eigenvalue weighted by atomic mass is 127. The highest BCUT2D eigenvalue weighted by Gasteiger charge is 2.02. The zero-order valence-electron chi connectivity index (χ0n) is 10.5. The molecule has 0 radical (unpaired) electrons. The minimum absolute atomic E-state index is 0. The first-order valence-electron chi connectivity index (χ1n) is 5.56. The normalized spacial score (nSPS) is 12.7. The molecule has 18 heavy (non-hydrogen) atoms. The third-order valence-corrected chi connectivity index (χ3v) is 2.45. The van der Waals surface area contributed by atoms with Crippen molar-refractivity contribution in [3.63, 3.8) is 0 Å². The standard InChI is InChI=1S/C12H18FN3O.HI/c1-3-8(2)16-12(14)15-7-9-4-5-11(17)10(13)6-9;/h4-6,8,17H,3,7H2,1-2H3,(H3,14,15,16);1H. The molecule has 0 spiro atoms. The van der Waals surface area contributed by atoms with E-state index in [0.717, 1.165) is 6.42 Å². The van der Waals surface area contributed by atoms with Gasteiger partial charge in [-0.1, -0.05) is 13.0 Å². The summed E-state index contributed by atoms with van der Waals surface area (Å²) in [7, 11) is 0. The molecular formula is C12H19FIN3O. The molecule has 0 aliphatic rings. The van der Waals surface area contributed by atoms with Crippen LogP contribution in [0.4, 0.5) is 4.39 Å². The largest absolute Gasteiger partial charge is 0.505 e. The molecule has 0 bridgehead atoms. The van der Waals surface area contributed by atoms with E-state index in [1.54, 1.807) is 6.07 Å². The quantitative estimate of drug-likeness (QED) is 0.435. The molecule has 4 nitrogen and oxygen atoms in total. The first kappa shape index (κ1) is 16.9. The van der Waals surface area contributed by atoms with Gasteiger partial charge in [0.15, 0.2) is 17.5 Å². The lowest BCUT2D eigenvalue weighted by Crippen LogP contribution is -2.38. The summed E-state index contributed by atoms with van der Waals surface area (Å²) >= 11 is 0. The zero-order valence-corrected chi connectivity index (χ0v) is 12.8. The fourth-order valence-corrected chi connectivity index (χ4v) is 1.23. The van der Waals surface area contributed by atoms with Crippen LogP contribution in [0.15, 0.2) is 23.2 Å². The molecule has 0 aromatic heterocycles. The highest BCUT2D eigenvalue weighted by Crippen LogP contribution is 2.16. The van der Waals surface area contributed by atoms with Crippen LogP contribution >= 0.6 is 24.0 Å². The summed E-state index contributed by atoms with van der Waals surface area (Å²) in [5.41, 5.74) is 6.32. The van der Waals surface area contributed by atoms with Crippen LogP contribution in [0.25, 0.3) is 0 Å². The molecule has 1 rings (SSSR count). The number of rotatable bonds is 4. The molecule has 1 unspecified atom stereocenters. The Balaban J connectivity index is 0.00000289. The number of guanidine groups is 1. The number of nitrogens with one attached hydrogen (secondary N) is 1. The smallest absolute Gasteiger partial charge is 0.189 e. The van der Waals surface area contributed by atoms with E-state index in [2.05, 4.69) is 10.3 Å². The van der Waals surface area contributed by atoms with Crippen molar-refractivity contribution in [1.82, 2.24) is 5.32 Å². The highest BCUT2D eigenvalue weighted by molar-refractivity contribution is 14.0. The summed E-state index contributed by atoms with van der Waals surface area (Å²) in [6.45, 7) is 4.33. The number of phenolic OH excluding ortho intramolecular Hbond substituents is 1. The number of aromatic hydroxyl groups is 1. The maximum Gasteiger partial charge on any atom is 0.189 e. The summed E-state index contributed by atoms with van der Waals surface area (Å²) in [6, 6.07) is 4.42. The molecule has 0 saturated heterocycles. The monoisotopic (exact) mass is 367 g/mol. The lowest BCUT2D eigenvalue weighted by Gasteiger charge is -2.11. The van der Waals surface area contributed by atoms with Gasteiger partial charge in [0.25, 0.3) is 0 Å². The fraction of sp³-hybridized carbons (Fsp3) is 0.417. The second-order valence-electron chi connectivity index (χ2n) is 3.94. The van der Waals surface area contributed by atoms with Crippen LogP contribution in [0.1, 0.15) is 25.8 Å². The fourth-order valence-electron chi connectivity index (χ4n) is 1.23. The Labute approximate surface area is 124 Å². The molecule has 0 heterocycles. The first-order chi connectivity index (χ1) is 8.02. The van der Waals surface area contributed by atoms with E-state index < -0.39 is 5.82 Å². The Morgan fingerprint density at radius 3 is 2.78 bits per heavy atom. The number of nitrogens with two attached hydrogens (primary N) is 1. The second kappa shape index (κ2) is 8.12. The van der Waals surface area contributed by atoms with Crippen molar-refractivity contribution in [2.75, 3.05) is 0 Å². The Morgan fingerprint density at radius 1 is 1.56 bits per heavy atom. The van der Waals surface area contributed by atoms with E-state index in [-0.39, 0.29) is 42.3 Å². The summed E-state index contributed by atoms with van der Waals surface area (Å²) in [5.74, 6) is -0.664. The van der Waals surface area contributed by atoms with Crippen LogP contribution in [0.2, 0.25) is 0 Å². The van der Waals surface area contributed by atoms with E-state index in [1.165, 1.54) is 12.1 Å². The van der Waals surface area contributed by atoms with Gasteiger partial charge in [-0.2, -0.15) is 0 Å². The predicted molar refractivity (Wildman–Crippen MR) is 81.7 cm³/mol. The van der Waals surface area contributed by atoms with E-state index in [4.69, 9.17) is 10.8 Å². The van der Waals surface area contributed by atoms with Gasteiger partial charge in [0, 0.05) is 6.04 Å². The number of nitrogens with zero attached hydrogens (tertiary/aromatic N) is 1. The molecule has 1 aromatic rings. The number of hydrogen-bond acceptors (Lipinski definition) is 2. The predicted octanol–water partition coefficient (Wildman–Crippen LogP) is 2.35. The summed E-state index contributed by atoms with van der Waals surface area (Å²) in [6.07, 6.45) is 0.948. The molecule has 0 fully saturated rings. The second-order valence-corrected chi connectivity index (χ2v) is 3.94. The molecule has 102 valence electrons. The van der Waals surface area contributed by atoms with Crippen molar-refractivity contribution in [3.8, 4) is 5.75 Å². The van der Waals surface area contributed by atoms with E-state index in [9.17, 15) is 4.39 Å². The van der Waals surface area contributed by atoms with Crippen molar-refractivity contribution < 1.29 is 9.50 Å². The molecule has 1 atom stereocenters. The van der Waals surface area contributed by atoms with Gasteiger partial charge in [-0.3, -0.25) is 0 Å². The number of hydrogen-bond donors (Lipinski definition) is 3. The number of aliphatic imine (C=N–C) groups is 1. The van der Waals surface area contributed by atoms with Crippen molar-refractivity contribution in [1.29, 1.82) is 0 Å². The van der Waals surface area contributed by atoms with Crippen LogP contribution in [-0.4, -0.2) is 17.1 Å². The first-order valence-corrected chi connectivity index (χ1v) is 5.56. The van der Waals surface area contributed by atoms with E-state index in [1.807, 2.05) is 13.8 Å². The van der Waals surface area contributed by atoms with Gasteiger partial charge in [0.1, 0.15) is 0 Å². The Bertz CT molecular complexity index is 412. The van der Waals surface area contributed by atoms with Crippen molar-refractivity contribution in [2.24, 2.45) is 10.7 Å². The average Bonchev–Trinajstić information content (AvgIpc) is 2.30. The van der Waals surface area contributed by atoms with Gasteiger partial charge in [-0.15, -0.1) is 24.0 Å². The molecule has 6 heteroatoms. The number of halogens is 2. The molecule has 0 aliphatic heterocycles. The Hall–Kier alpha value is -1.05. The maximum atomic E-state index is 13.0. The van der Waals surface area contributed by atoms with Crippen molar-refractivity contribution in [3.05, 3.63) is 29.6 Å². The van der Waals surface area contributed by atoms with Gasteiger partial charge in [-0.05, 0) is 31.0 Å². The molecule has 0 amide bonds. The van der Waals surface area contributed by atoms with Gasteiger partial charge in [-0.25, -0.2) is 9.38 Å². The lowest BCUT2D eigenvalue weighted by atomic mass is 10.2. The van der Waals surface area contributed by atoms with Gasteiger partial charge in [0.05, 0.1) is 6.54 Å². The minimum Gasteiger partial charge on any atom is -0.505 e. The number of phenols is 1. The van der Waals surface area contributed by atoms with Crippen molar-refractivity contribution in [2.45, 2.75) is 32.9 Å². The topological polar surface area (TPSA) is 70.6 Å². The maximum absolute atomic E-state index is 13.0. The zero-order chi connectivity index (χ0) is 12.8. The van der Waals surface area contributed by atoms with Gasteiger partial charge >= 0.3 is 0 Å². The molecule has 0 aliphatic carbocycles. The van der Waals surface area contributed by atoms with Crippen LogP contribution in [0.3, 0.4) is 0 Å². The summed E-state index contributed by atoms with van der Waals surface area (Å²) in [4.78, 5) is 4.09. The van der Waals surface area contributed by atoms with Gasteiger partial charge in [0.2, 0.25) is 0 Å². The van der Waals surface area contributed by atoms with E-state index in [0.29, 0.717) is 11.5 Å². The third-order valence-electron chi connectivity index (χ3n) is 2.45. The molecular weight excluding hydrogens is 348 g/mol. The molecule has 1 aromatic carbocycles. The van der Waals surface area contributed by atoms with Crippen LogP contribution < -0.4 is 11.1 Å². The summed E-state index contributed by atoms with van der Waals surface area (Å²) < 4.78 is 13.0. The van der Waals surface area contributed by atoms with E-state index >= 15 is 0 Å². The van der Waals surface area contributed by atoms with Crippen LogP contribution in [0.5, 0.6) is 5.75 Å². The number of benzene rings is 1. The van der Waals surface area contributed by atoms with Crippen LogP contribution in [0, 0.1) is 5.82 Å². The average molecular weight is 367 g/mol. The molecule has 0 saturated carbocycles. The Kier molecular flexibility index (Phi) is 7.65. The lowest BCUT2D eigenvalue weighted by molar-refractivity contribution is 0.432. The van der Waals surface area contributed by atoms with Gasteiger partial charge < -0.3 is 16.2 Å². The SMILES string of the molecule is CCC(C)NC(N)=NCc1ccc(O)c(F)c1.I. The Morgan fingerprint density at radius 2 is 2.22 bits per heavy atom.